The van der Waals surface area contributed by atoms with E-state index in [4.69, 9.17) is 10.5 Å². The molecule has 94 valence electrons. The molecule has 1 aromatic rings. The smallest absolute Gasteiger partial charge is 0.133 e. The van der Waals surface area contributed by atoms with Crippen molar-refractivity contribution in [3.05, 3.63) is 34.9 Å². The molecule has 0 spiro atoms. The fraction of sp³-hybridized carbons (Fsp3) is 0.538. The van der Waals surface area contributed by atoms with E-state index < -0.39 is 17.7 Å². The number of ether oxygens (including phenoxy) is 1. The first-order valence-electron chi connectivity index (χ1n) is 5.89. The maximum Gasteiger partial charge on any atom is 0.133 e. The minimum Gasteiger partial charge on any atom is -0.381 e. The van der Waals surface area contributed by atoms with Crippen molar-refractivity contribution in [1.29, 1.82) is 0 Å². The van der Waals surface area contributed by atoms with E-state index in [1.807, 2.05) is 0 Å². The Balaban J connectivity index is 2.29. The lowest BCUT2D eigenvalue weighted by atomic mass is 9.88. The van der Waals surface area contributed by atoms with Crippen molar-refractivity contribution in [3.63, 3.8) is 0 Å². The van der Waals surface area contributed by atoms with Crippen LogP contribution in [-0.2, 0) is 4.74 Å². The number of hydrogen-bond donors (Lipinski definition) is 1. The molecule has 2 unspecified atom stereocenters. The first-order valence-corrected chi connectivity index (χ1v) is 5.89. The molecule has 1 saturated heterocycles. The van der Waals surface area contributed by atoms with Gasteiger partial charge >= 0.3 is 0 Å². The summed E-state index contributed by atoms with van der Waals surface area (Å²) in [7, 11) is 0. The summed E-state index contributed by atoms with van der Waals surface area (Å²) in [4.78, 5) is 0. The van der Waals surface area contributed by atoms with Crippen molar-refractivity contribution in [2.75, 3.05) is 13.2 Å². The van der Waals surface area contributed by atoms with Crippen molar-refractivity contribution in [3.8, 4) is 0 Å². The molecule has 2 atom stereocenters. The lowest BCUT2D eigenvalue weighted by Crippen LogP contribution is -2.30. The zero-order valence-electron chi connectivity index (χ0n) is 9.88. The van der Waals surface area contributed by atoms with Crippen LogP contribution in [0, 0.1) is 24.5 Å². The summed E-state index contributed by atoms with van der Waals surface area (Å²) in [5, 5.41) is 0. The van der Waals surface area contributed by atoms with E-state index in [-0.39, 0.29) is 11.5 Å². The van der Waals surface area contributed by atoms with E-state index in [9.17, 15) is 8.78 Å². The lowest BCUT2D eigenvalue weighted by molar-refractivity contribution is 0.0438. The summed E-state index contributed by atoms with van der Waals surface area (Å²) in [6.45, 7) is 2.80. The Morgan fingerprint density at radius 2 is 2.18 bits per heavy atom. The second-order valence-electron chi connectivity index (χ2n) is 4.59. The molecule has 4 heteroatoms. The molecule has 0 bridgehead atoms. The first-order chi connectivity index (χ1) is 8.11. The van der Waals surface area contributed by atoms with E-state index in [2.05, 4.69) is 0 Å². The van der Waals surface area contributed by atoms with Crippen LogP contribution < -0.4 is 5.73 Å². The van der Waals surface area contributed by atoms with E-state index >= 15 is 0 Å². The number of hydrogen-bond acceptors (Lipinski definition) is 2. The molecule has 0 amide bonds. The van der Waals surface area contributed by atoms with Gasteiger partial charge in [-0.2, -0.15) is 0 Å². The van der Waals surface area contributed by atoms with Gasteiger partial charge in [0.1, 0.15) is 11.6 Å². The zero-order chi connectivity index (χ0) is 12.4. The molecule has 1 aliphatic rings. The number of benzene rings is 1. The van der Waals surface area contributed by atoms with Crippen LogP contribution in [0.15, 0.2) is 12.1 Å². The number of aryl methyl sites for hydroxylation is 1. The standard InChI is InChI=1S/C13H17F2NO/c1-8-4-5-10(14)11(12(8)15)13(16)9-3-2-6-17-7-9/h4-5,9,13H,2-3,6-7,16H2,1H3. The van der Waals surface area contributed by atoms with Crippen molar-refractivity contribution < 1.29 is 13.5 Å². The van der Waals surface area contributed by atoms with Gasteiger partial charge in [0.25, 0.3) is 0 Å². The Hall–Kier alpha value is -1.00. The Morgan fingerprint density at radius 3 is 2.82 bits per heavy atom. The molecule has 2 rings (SSSR count). The number of rotatable bonds is 2. The zero-order valence-corrected chi connectivity index (χ0v) is 9.88. The SMILES string of the molecule is Cc1ccc(F)c(C(N)C2CCCOC2)c1F. The van der Waals surface area contributed by atoms with E-state index in [0.29, 0.717) is 18.8 Å². The average Bonchev–Trinajstić information content (AvgIpc) is 2.35. The summed E-state index contributed by atoms with van der Waals surface area (Å²) in [5.41, 5.74) is 6.41. The molecule has 0 saturated carbocycles. The highest BCUT2D eigenvalue weighted by molar-refractivity contribution is 5.29. The van der Waals surface area contributed by atoms with Gasteiger partial charge in [0, 0.05) is 24.1 Å². The first kappa shape index (κ1) is 12.5. The Labute approximate surface area is 99.8 Å². The third-order valence-electron chi connectivity index (χ3n) is 3.36. The van der Waals surface area contributed by atoms with Crippen LogP contribution in [0.5, 0.6) is 0 Å². The van der Waals surface area contributed by atoms with E-state index in [1.165, 1.54) is 12.1 Å². The molecule has 17 heavy (non-hydrogen) atoms. The molecule has 1 heterocycles. The molecule has 1 aromatic carbocycles. The Morgan fingerprint density at radius 1 is 1.41 bits per heavy atom. The summed E-state index contributed by atoms with van der Waals surface area (Å²) < 4.78 is 32.9. The van der Waals surface area contributed by atoms with Crippen molar-refractivity contribution in [2.45, 2.75) is 25.8 Å². The lowest BCUT2D eigenvalue weighted by Gasteiger charge is -2.28. The monoisotopic (exact) mass is 241 g/mol. The Kier molecular flexibility index (Phi) is 3.74. The quantitative estimate of drug-likeness (QED) is 0.864. The van der Waals surface area contributed by atoms with Crippen LogP contribution in [0.4, 0.5) is 8.78 Å². The van der Waals surface area contributed by atoms with Crippen LogP contribution in [0.1, 0.15) is 30.0 Å². The molecule has 0 radical (unpaired) electrons. The third-order valence-corrected chi connectivity index (χ3v) is 3.36. The minimum absolute atomic E-state index is 0.000463. The van der Waals surface area contributed by atoms with Crippen molar-refractivity contribution >= 4 is 0 Å². The van der Waals surface area contributed by atoms with Crippen molar-refractivity contribution in [2.24, 2.45) is 11.7 Å². The maximum absolute atomic E-state index is 13.9. The van der Waals surface area contributed by atoms with Gasteiger partial charge in [-0.15, -0.1) is 0 Å². The highest BCUT2D eigenvalue weighted by Gasteiger charge is 2.27. The van der Waals surface area contributed by atoms with Crippen molar-refractivity contribution in [1.82, 2.24) is 0 Å². The topological polar surface area (TPSA) is 35.2 Å². The maximum atomic E-state index is 13.9. The predicted octanol–water partition coefficient (Wildman–Crippen LogP) is 2.70. The van der Waals surface area contributed by atoms with E-state index in [1.54, 1.807) is 6.92 Å². The van der Waals surface area contributed by atoms with Crippen LogP contribution in [0.3, 0.4) is 0 Å². The summed E-state index contributed by atoms with van der Waals surface area (Å²) in [6, 6.07) is 2.07. The second kappa shape index (κ2) is 5.10. The highest BCUT2D eigenvalue weighted by Crippen LogP contribution is 2.31. The third kappa shape index (κ3) is 2.48. The second-order valence-corrected chi connectivity index (χ2v) is 4.59. The molecule has 2 nitrogen and oxygen atoms in total. The Bertz CT molecular complexity index is 403. The number of halogens is 2. The van der Waals surface area contributed by atoms with Crippen LogP contribution in [0.2, 0.25) is 0 Å². The fourth-order valence-corrected chi connectivity index (χ4v) is 2.27. The average molecular weight is 241 g/mol. The van der Waals surface area contributed by atoms with Gasteiger partial charge in [0.15, 0.2) is 0 Å². The van der Waals surface area contributed by atoms with Crippen LogP contribution >= 0.6 is 0 Å². The summed E-state index contributed by atoms with van der Waals surface area (Å²) in [6.07, 6.45) is 1.75. The van der Waals surface area contributed by atoms with Crippen LogP contribution in [0.25, 0.3) is 0 Å². The van der Waals surface area contributed by atoms with E-state index in [0.717, 1.165) is 12.8 Å². The molecule has 0 aromatic heterocycles. The highest BCUT2D eigenvalue weighted by atomic mass is 19.1. The van der Waals surface area contributed by atoms with Gasteiger partial charge in [-0.05, 0) is 31.4 Å². The molecular formula is C13H17F2NO. The largest absolute Gasteiger partial charge is 0.381 e. The van der Waals surface area contributed by atoms with Gasteiger partial charge in [-0.25, -0.2) is 8.78 Å². The molecule has 0 aliphatic carbocycles. The molecule has 2 N–H and O–H groups in total. The normalized spacial score (nSPS) is 22.5. The fourth-order valence-electron chi connectivity index (χ4n) is 2.27. The van der Waals surface area contributed by atoms with Crippen LogP contribution in [-0.4, -0.2) is 13.2 Å². The summed E-state index contributed by atoms with van der Waals surface area (Å²) in [5.74, 6) is -1.09. The molecule has 1 aliphatic heterocycles. The number of nitrogens with two attached hydrogens (primary N) is 1. The molecular weight excluding hydrogens is 224 g/mol. The van der Waals surface area contributed by atoms with Gasteiger partial charge in [0.2, 0.25) is 0 Å². The predicted molar refractivity (Wildman–Crippen MR) is 61.6 cm³/mol. The van der Waals surface area contributed by atoms with Gasteiger partial charge in [-0.1, -0.05) is 6.07 Å². The van der Waals surface area contributed by atoms with Gasteiger partial charge in [0.05, 0.1) is 6.61 Å². The van der Waals surface area contributed by atoms with Gasteiger partial charge < -0.3 is 10.5 Å². The van der Waals surface area contributed by atoms with Gasteiger partial charge in [-0.3, -0.25) is 0 Å². The summed E-state index contributed by atoms with van der Waals surface area (Å²) >= 11 is 0. The molecule has 1 fully saturated rings. The minimum atomic E-state index is -0.629.